The first kappa shape index (κ1) is 15.4. The van der Waals surface area contributed by atoms with E-state index < -0.39 is 0 Å². The average molecular weight is 339 g/mol. The molecule has 1 atom stereocenters. The first-order valence-corrected chi connectivity index (χ1v) is 8.13. The van der Waals surface area contributed by atoms with Gasteiger partial charge in [0, 0.05) is 18.8 Å². The monoisotopic (exact) mass is 338 g/mol. The molecule has 110 valence electrons. The summed E-state index contributed by atoms with van der Waals surface area (Å²) in [5.74, 6) is 1.52. The normalized spacial score (nSPS) is 20.0. The van der Waals surface area contributed by atoms with Crippen LogP contribution in [0.3, 0.4) is 0 Å². The molecule has 2 N–H and O–H groups in total. The number of halogens is 1. The molecule has 4 heteroatoms. The van der Waals surface area contributed by atoms with Crippen LogP contribution in [-0.2, 0) is 0 Å². The van der Waals surface area contributed by atoms with E-state index in [4.69, 9.17) is 5.73 Å². The number of likely N-dealkylation sites (tertiary alicyclic amines) is 1. The summed E-state index contributed by atoms with van der Waals surface area (Å²) < 4.78 is 0.717. The number of rotatable bonds is 2. The molecule has 1 saturated heterocycles. The largest absolute Gasteiger partial charge is 0.398 e. The molecule has 1 aliphatic heterocycles. The second-order valence-corrected chi connectivity index (χ2v) is 6.73. The van der Waals surface area contributed by atoms with Gasteiger partial charge in [-0.1, -0.05) is 19.9 Å². The van der Waals surface area contributed by atoms with Crippen LogP contribution in [-0.4, -0.2) is 23.9 Å². The Morgan fingerprint density at radius 3 is 2.80 bits per heavy atom. The van der Waals surface area contributed by atoms with Gasteiger partial charge in [-0.2, -0.15) is 0 Å². The number of hydrogen-bond acceptors (Lipinski definition) is 2. The lowest BCUT2D eigenvalue weighted by atomic mass is 9.89. The summed E-state index contributed by atoms with van der Waals surface area (Å²) in [7, 11) is 0. The zero-order valence-electron chi connectivity index (χ0n) is 12.2. The molecule has 0 spiro atoms. The number of hydrogen-bond donors (Lipinski definition) is 1. The van der Waals surface area contributed by atoms with Crippen LogP contribution in [0.4, 0.5) is 5.69 Å². The molecule has 1 aromatic rings. The van der Waals surface area contributed by atoms with Crippen molar-refractivity contribution in [1.29, 1.82) is 0 Å². The molecule has 0 bridgehead atoms. The number of carbonyl (C=O) groups excluding carboxylic acids is 1. The predicted molar refractivity (Wildman–Crippen MR) is 86.6 cm³/mol. The van der Waals surface area contributed by atoms with Crippen LogP contribution in [0.1, 0.15) is 43.5 Å². The number of carbonyl (C=O) groups is 1. The lowest BCUT2D eigenvalue weighted by Gasteiger charge is -2.22. The Bertz CT molecular complexity index is 487. The number of nitrogens with two attached hydrogens (primary N) is 1. The van der Waals surface area contributed by atoms with E-state index in [-0.39, 0.29) is 5.91 Å². The molecule has 0 radical (unpaired) electrons. The number of nitrogen functional groups attached to an aromatic ring is 1. The standard InChI is InChI=1S/C16H23BrN2O/c1-11(2)12-5-4-9-19(10-8-12)16(20)13-6-3-7-14(18)15(13)17/h3,6-7,11-12H,4-5,8-10,18H2,1-2H3. The van der Waals surface area contributed by atoms with Gasteiger partial charge in [0.2, 0.25) is 0 Å². The van der Waals surface area contributed by atoms with E-state index in [2.05, 4.69) is 29.8 Å². The minimum atomic E-state index is 0.0913. The van der Waals surface area contributed by atoms with Gasteiger partial charge in [0.15, 0.2) is 0 Å². The summed E-state index contributed by atoms with van der Waals surface area (Å²) in [5, 5.41) is 0. The Morgan fingerprint density at radius 1 is 1.35 bits per heavy atom. The van der Waals surface area contributed by atoms with Crippen molar-refractivity contribution < 1.29 is 4.79 Å². The molecule has 20 heavy (non-hydrogen) atoms. The van der Waals surface area contributed by atoms with Crippen LogP contribution in [0.25, 0.3) is 0 Å². The van der Waals surface area contributed by atoms with E-state index in [1.807, 2.05) is 17.0 Å². The first-order chi connectivity index (χ1) is 9.50. The quantitative estimate of drug-likeness (QED) is 0.830. The highest BCUT2D eigenvalue weighted by Crippen LogP contribution is 2.28. The number of benzene rings is 1. The van der Waals surface area contributed by atoms with Gasteiger partial charge in [0.25, 0.3) is 5.91 Å². The number of nitrogens with zero attached hydrogens (tertiary/aromatic N) is 1. The van der Waals surface area contributed by atoms with E-state index in [1.54, 1.807) is 6.07 Å². The summed E-state index contributed by atoms with van der Waals surface area (Å²) in [5.41, 5.74) is 7.15. The van der Waals surface area contributed by atoms with E-state index in [0.717, 1.165) is 36.3 Å². The van der Waals surface area contributed by atoms with Crippen LogP contribution in [0.5, 0.6) is 0 Å². The highest BCUT2D eigenvalue weighted by molar-refractivity contribution is 9.10. The molecular formula is C16H23BrN2O. The van der Waals surface area contributed by atoms with Gasteiger partial charge >= 0.3 is 0 Å². The zero-order valence-corrected chi connectivity index (χ0v) is 13.8. The molecule has 1 heterocycles. The van der Waals surface area contributed by atoms with Gasteiger partial charge < -0.3 is 10.6 Å². The maximum atomic E-state index is 12.6. The third-order valence-corrected chi connectivity index (χ3v) is 5.15. The Morgan fingerprint density at radius 2 is 2.10 bits per heavy atom. The Balaban J connectivity index is 2.11. The van der Waals surface area contributed by atoms with Crippen molar-refractivity contribution in [2.45, 2.75) is 33.1 Å². The van der Waals surface area contributed by atoms with E-state index in [9.17, 15) is 4.79 Å². The minimum Gasteiger partial charge on any atom is -0.398 e. The van der Waals surface area contributed by atoms with Crippen molar-refractivity contribution in [2.75, 3.05) is 18.8 Å². The molecule has 1 fully saturated rings. The predicted octanol–water partition coefficient (Wildman–Crippen LogP) is 3.93. The van der Waals surface area contributed by atoms with Gasteiger partial charge in [-0.15, -0.1) is 0 Å². The van der Waals surface area contributed by atoms with Crippen LogP contribution in [0, 0.1) is 11.8 Å². The highest BCUT2D eigenvalue weighted by Gasteiger charge is 2.24. The average Bonchev–Trinajstić information content (AvgIpc) is 2.67. The third-order valence-electron chi connectivity index (χ3n) is 4.26. The molecule has 1 amide bonds. The van der Waals surface area contributed by atoms with E-state index in [0.29, 0.717) is 17.2 Å². The van der Waals surface area contributed by atoms with Gasteiger partial charge in [-0.25, -0.2) is 0 Å². The zero-order chi connectivity index (χ0) is 14.7. The second kappa shape index (κ2) is 6.61. The maximum absolute atomic E-state index is 12.6. The Kier molecular flexibility index (Phi) is 5.08. The van der Waals surface area contributed by atoms with Crippen LogP contribution < -0.4 is 5.73 Å². The summed E-state index contributed by atoms with van der Waals surface area (Å²) in [6.45, 7) is 6.25. The van der Waals surface area contributed by atoms with Crippen molar-refractivity contribution in [3.05, 3.63) is 28.2 Å². The van der Waals surface area contributed by atoms with Crippen molar-refractivity contribution in [3.8, 4) is 0 Å². The maximum Gasteiger partial charge on any atom is 0.255 e. The number of amides is 1. The van der Waals surface area contributed by atoms with Crippen LogP contribution in [0.2, 0.25) is 0 Å². The molecule has 0 saturated carbocycles. The lowest BCUT2D eigenvalue weighted by molar-refractivity contribution is 0.0758. The SMILES string of the molecule is CC(C)C1CCCN(C(=O)c2cccc(N)c2Br)CC1. The first-order valence-electron chi connectivity index (χ1n) is 7.34. The van der Waals surface area contributed by atoms with Crippen molar-refractivity contribution >= 4 is 27.5 Å². The molecule has 0 aromatic heterocycles. The molecule has 1 aromatic carbocycles. The smallest absolute Gasteiger partial charge is 0.255 e. The van der Waals surface area contributed by atoms with Crippen molar-refractivity contribution in [2.24, 2.45) is 11.8 Å². The van der Waals surface area contributed by atoms with Crippen LogP contribution >= 0.6 is 15.9 Å². The summed E-state index contributed by atoms with van der Waals surface area (Å²) >= 11 is 3.43. The van der Waals surface area contributed by atoms with E-state index in [1.165, 1.54) is 6.42 Å². The van der Waals surface area contributed by atoms with Crippen molar-refractivity contribution in [1.82, 2.24) is 4.90 Å². The minimum absolute atomic E-state index is 0.0913. The Hall–Kier alpha value is -1.03. The lowest BCUT2D eigenvalue weighted by Crippen LogP contribution is -2.32. The summed E-state index contributed by atoms with van der Waals surface area (Å²) in [4.78, 5) is 14.6. The highest BCUT2D eigenvalue weighted by atomic mass is 79.9. The Labute approximate surface area is 129 Å². The van der Waals surface area contributed by atoms with Gasteiger partial charge in [0.1, 0.15) is 0 Å². The molecule has 1 aliphatic rings. The summed E-state index contributed by atoms with van der Waals surface area (Å²) in [6.07, 6.45) is 3.41. The van der Waals surface area contributed by atoms with Crippen LogP contribution in [0.15, 0.2) is 22.7 Å². The fraction of sp³-hybridized carbons (Fsp3) is 0.562. The van der Waals surface area contributed by atoms with Crippen molar-refractivity contribution in [3.63, 3.8) is 0 Å². The fourth-order valence-corrected chi connectivity index (χ4v) is 3.31. The number of anilines is 1. The third kappa shape index (κ3) is 3.35. The van der Waals surface area contributed by atoms with Gasteiger partial charge in [-0.05, 0) is 59.2 Å². The van der Waals surface area contributed by atoms with Gasteiger partial charge in [0.05, 0.1) is 10.0 Å². The molecule has 2 rings (SSSR count). The fourth-order valence-electron chi connectivity index (χ4n) is 2.88. The topological polar surface area (TPSA) is 46.3 Å². The van der Waals surface area contributed by atoms with Gasteiger partial charge in [-0.3, -0.25) is 4.79 Å². The molecule has 0 aliphatic carbocycles. The second-order valence-electron chi connectivity index (χ2n) is 5.94. The molecular weight excluding hydrogens is 316 g/mol. The van der Waals surface area contributed by atoms with E-state index >= 15 is 0 Å². The molecule has 3 nitrogen and oxygen atoms in total. The summed E-state index contributed by atoms with van der Waals surface area (Å²) in [6, 6.07) is 5.48. The molecule has 1 unspecified atom stereocenters.